The summed E-state index contributed by atoms with van der Waals surface area (Å²) in [7, 11) is 0. The number of imidazole rings is 1. The molecule has 16 heavy (non-hydrogen) atoms. The average molecular weight is 213 g/mol. The summed E-state index contributed by atoms with van der Waals surface area (Å²) in [5.74, 6) is 0. The Kier molecular flexibility index (Phi) is 1.99. The van der Waals surface area contributed by atoms with Gasteiger partial charge in [0.25, 0.3) is 0 Å². The summed E-state index contributed by atoms with van der Waals surface area (Å²) in [5.41, 5.74) is 1.76. The number of nitrogens with zero attached hydrogens (tertiary/aromatic N) is 3. The highest BCUT2D eigenvalue weighted by Crippen LogP contribution is 2.25. The Morgan fingerprint density at radius 2 is 2.19 bits per heavy atom. The molecule has 0 N–H and O–H groups in total. The number of benzene rings is 1. The van der Waals surface area contributed by atoms with Crippen LogP contribution in [0.1, 0.15) is 18.7 Å². The van der Waals surface area contributed by atoms with Crippen LogP contribution in [0.3, 0.4) is 0 Å². The molecule has 3 rings (SSSR count). The molecule has 0 aliphatic heterocycles. The minimum atomic E-state index is 0.131. The lowest BCUT2D eigenvalue weighted by atomic mass is 10.1. The van der Waals surface area contributed by atoms with Crippen molar-refractivity contribution < 1.29 is 4.52 Å². The standard InChI is InChI=1S/C12H11N3O/c1-9(15-7-6-13-8-15)12-10-4-2-3-5-11(10)16-14-12/h2-9H,1H3. The van der Waals surface area contributed by atoms with Crippen molar-refractivity contribution in [2.75, 3.05) is 0 Å². The molecule has 0 radical (unpaired) electrons. The Balaban J connectivity index is 2.12. The Labute approximate surface area is 92.5 Å². The maximum Gasteiger partial charge on any atom is 0.167 e. The molecule has 0 saturated carbocycles. The summed E-state index contributed by atoms with van der Waals surface area (Å²) in [6.07, 6.45) is 5.47. The first-order chi connectivity index (χ1) is 7.86. The van der Waals surface area contributed by atoms with Gasteiger partial charge in [0.05, 0.1) is 12.4 Å². The van der Waals surface area contributed by atoms with Crippen LogP contribution in [0.4, 0.5) is 0 Å². The lowest BCUT2D eigenvalue weighted by molar-refractivity contribution is 0.432. The first kappa shape index (κ1) is 9.15. The molecule has 3 aromatic rings. The fraction of sp³-hybridized carbons (Fsp3) is 0.167. The summed E-state index contributed by atoms with van der Waals surface area (Å²) >= 11 is 0. The second-order valence-corrected chi connectivity index (χ2v) is 3.75. The first-order valence-corrected chi connectivity index (χ1v) is 5.18. The molecule has 0 fully saturated rings. The number of aromatic nitrogens is 3. The van der Waals surface area contributed by atoms with Crippen LogP contribution in [0, 0.1) is 0 Å². The summed E-state index contributed by atoms with van der Waals surface area (Å²) < 4.78 is 7.29. The van der Waals surface area contributed by atoms with Gasteiger partial charge in [-0.3, -0.25) is 0 Å². The third-order valence-electron chi connectivity index (χ3n) is 2.77. The zero-order valence-electron chi connectivity index (χ0n) is 8.87. The number of rotatable bonds is 2. The van der Waals surface area contributed by atoms with Crippen molar-refractivity contribution in [2.45, 2.75) is 13.0 Å². The molecule has 2 aromatic heterocycles. The Morgan fingerprint density at radius 3 is 3.00 bits per heavy atom. The molecule has 2 heterocycles. The lowest BCUT2D eigenvalue weighted by Gasteiger charge is -2.09. The topological polar surface area (TPSA) is 43.9 Å². The van der Waals surface area contributed by atoms with Crippen molar-refractivity contribution in [3.63, 3.8) is 0 Å². The van der Waals surface area contributed by atoms with E-state index in [0.717, 1.165) is 16.7 Å². The molecule has 1 atom stereocenters. The van der Waals surface area contributed by atoms with Gasteiger partial charge in [0, 0.05) is 17.8 Å². The van der Waals surface area contributed by atoms with E-state index in [-0.39, 0.29) is 6.04 Å². The van der Waals surface area contributed by atoms with E-state index in [1.165, 1.54) is 0 Å². The number of fused-ring (bicyclic) bond motifs is 1. The maximum absolute atomic E-state index is 5.28. The van der Waals surface area contributed by atoms with Crippen LogP contribution in [0.5, 0.6) is 0 Å². The predicted molar refractivity (Wildman–Crippen MR) is 60.0 cm³/mol. The van der Waals surface area contributed by atoms with Gasteiger partial charge >= 0.3 is 0 Å². The zero-order chi connectivity index (χ0) is 11.0. The Hall–Kier alpha value is -2.10. The molecule has 1 unspecified atom stereocenters. The summed E-state index contributed by atoms with van der Waals surface area (Å²) in [6.45, 7) is 2.08. The van der Waals surface area contributed by atoms with Gasteiger partial charge in [-0.05, 0) is 19.1 Å². The minimum absolute atomic E-state index is 0.131. The molecule has 0 saturated heterocycles. The molecule has 0 aliphatic rings. The van der Waals surface area contributed by atoms with Crippen molar-refractivity contribution in [3.8, 4) is 0 Å². The van der Waals surface area contributed by atoms with E-state index in [4.69, 9.17) is 4.52 Å². The van der Waals surface area contributed by atoms with Crippen molar-refractivity contribution in [1.82, 2.24) is 14.7 Å². The lowest BCUT2D eigenvalue weighted by Crippen LogP contribution is -2.04. The number of hydrogen-bond acceptors (Lipinski definition) is 3. The van der Waals surface area contributed by atoms with Gasteiger partial charge in [0.15, 0.2) is 5.58 Å². The van der Waals surface area contributed by atoms with Gasteiger partial charge in [-0.2, -0.15) is 0 Å². The van der Waals surface area contributed by atoms with Crippen LogP contribution in [0.25, 0.3) is 11.0 Å². The number of hydrogen-bond donors (Lipinski definition) is 0. The minimum Gasteiger partial charge on any atom is -0.356 e. The summed E-state index contributed by atoms with van der Waals surface area (Å²) in [6, 6.07) is 8.01. The van der Waals surface area contributed by atoms with Gasteiger partial charge in [0.2, 0.25) is 0 Å². The molecule has 0 aliphatic carbocycles. The molecular weight excluding hydrogens is 202 g/mol. The summed E-state index contributed by atoms with van der Waals surface area (Å²) in [4.78, 5) is 4.04. The summed E-state index contributed by atoms with van der Waals surface area (Å²) in [5, 5.41) is 5.19. The van der Waals surface area contributed by atoms with Gasteiger partial charge < -0.3 is 9.09 Å². The van der Waals surface area contributed by atoms with Crippen LogP contribution < -0.4 is 0 Å². The molecule has 1 aromatic carbocycles. The molecule has 0 amide bonds. The third kappa shape index (κ3) is 1.31. The largest absolute Gasteiger partial charge is 0.356 e. The van der Waals surface area contributed by atoms with E-state index in [1.807, 2.05) is 35.0 Å². The second kappa shape index (κ2) is 3.48. The SMILES string of the molecule is CC(c1noc2ccccc12)n1ccnc1. The fourth-order valence-corrected chi connectivity index (χ4v) is 1.85. The molecule has 4 heteroatoms. The maximum atomic E-state index is 5.28. The van der Waals surface area contributed by atoms with Crippen molar-refractivity contribution in [2.24, 2.45) is 0 Å². The molecular formula is C12H11N3O. The van der Waals surface area contributed by atoms with Gasteiger partial charge in [-0.1, -0.05) is 17.3 Å². The van der Waals surface area contributed by atoms with E-state index >= 15 is 0 Å². The normalized spacial score (nSPS) is 13.1. The highest BCUT2D eigenvalue weighted by molar-refractivity contribution is 5.79. The van der Waals surface area contributed by atoms with Crippen molar-refractivity contribution in [1.29, 1.82) is 0 Å². The molecule has 0 spiro atoms. The van der Waals surface area contributed by atoms with Crippen molar-refractivity contribution in [3.05, 3.63) is 48.7 Å². The Bertz CT molecular complexity index is 598. The second-order valence-electron chi connectivity index (χ2n) is 3.75. The highest BCUT2D eigenvalue weighted by atomic mass is 16.5. The van der Waals surface area contributed by atoms with Crippen LogP contribution in [-0.2, 0) is 0 Å². The van der Waals surface area contributed by atoms with Crippen LogP contribution in [-0.4, -0.2) is 14.7 Å². The highest BCUT2D eigenvalue weighted by Gasteiger charge is 2.15. The quantitative estimate of drug-likeness (QED) is 0.657. The van der Waals surface area contributed by atoms with Crippen LogP contribution in [0.15, 0.2) is 47.5 Å². The third-order valence-corrected chi connectivity index (χ3v) is 2.77. The van der Waals surface area contributed by atoms with E-state index in [9.17, 15) is 0 Å². The number of para-hydroxylation sites is 1. The molecule has 0 bridgehead atoms. The van der Waals surface area contributed by atoms with Gasteiger partial charge in [-0.25, -0.2) is 4.98 Å². The van der Waals surface area contributed by atoms with E-state index in [1.54, 1.807) is 12.5 Å². The first-order valence-electron chi connectivity index (χ1n) is 5.18. The smallest absolute Gasteiger partial charge is 0.167 e. The molecule has 80 valence electrons. The van der Waals surface area contributed by atoms with E-state index in [2.05, 4.69) is 17.1 Å². The predicted octanol–water partition coefficient (Wildman–Crippen LogP) is 2.63. The zero-order valence-corrected chi connectivity index (χ0v) is 8.87. The van der Waals surface area contributed by atoms with Crippen LogP contribution in [0.2, 0.25) is 0 Å². The molecule has 4 nitrogen and oxygen atoms in total. The average Bonchev–Trinajstić information content (AvgIpc) is 2.98. The Morgan fingerprint density at radius 1 is 1.31 bits per heavy atom. The van der Waals surface area contributed by atoms with Gasteiger partial charge in [-0.15, -0.1) is 0 Å². The fourth-order valence-electron chi connectivity index (χ4n) is 1.85. The van der Waals surface area contributed by atoms with E-state index < -0.39 is 0 Å². The van der Waals surface area contributed by atoms with E-state index in [0.29, 0.717) is 0 Å². The van der Waals surface area contributed by atoms with Gasteiger partial charge in [0.1, 0.15) is 5.69 Å². The van der Waals surface area contributed by atoms with Crippen LogP contribution >= 0.6 is 0 Å². The van der Waals surface area contributed by atoms with Crippen molar-refractivity contribution >= 4 is 11.0 Å². The monoisotopic (exact) mass is 213 g/mol.